The predicted molar refractivity (Wildman–Crippen MR) is 199 cm³/mol. The number of amides is 4. The number of nitrogens with one attached hydrogen (secondary N) is 1. The third kappa shape index (κ3) is 7.71. The number of carbonyl (C=O) groups is 4. The van der Waals surface area contributed by atoms with E-state index < -0.39 is 59.2 Å². The molecule has 0 spiro atoms. The fourth-order valence-corrected chi connectivity index (χ4v) is 8.48. The van der Waals surface area contributed by atoms with Gasteiger partial charge in [0.2, 0.25) is 5.91 Å². The largest absolute Gasteiger partial charge is 0.447 e. The van der Waals surface area contributed by atoms with Crippen LogP contribution in [-0.4, -0.2) is 99.9 Å². The number of ether oxygens (including phenoxy) is 1. The number of piperidine rings is 2. The third-order valence-electron chi connectivity index (χ3n) is 11.5. The summed E-state index contributed by atoms with van der Waals surface area (Å²) in [5.41, 5.74) is -1.25. The second-order valence-electron chi connectivity index (χ2n) is 14.9. The summed E-state index contributed by atoms with van der Waals surface area (Å²) in [4.78, 5) is 64.3. The lowest BCUT2D eigenvalue weighted by Gasteiger charge is -2.56. The fourth-order valence-electron chi connectivity index (χ4n) is 8.48. The Morgan fingerprint density at radius 1 is 0.873 bits per heavy atom. The molecule has 7 rings (SSSR count). The van der Waals surface area contributed by atoms with Crippen molar-refractivity contribution >= 4 is 29.9 Å². The van der Waals surface area contributed by atoms with Crippen LogP contribution >= 0.6 is 0 Å². The van der Waals surface area contributed by atoms with Gasteiger partial charge in [-0.05, 0) is 74.5 Å². The normalized spacial score (nSPS) is 23.7. The lowest BCUT2D eigenvalue weighted by molar-refractivity contribution is -0.179. The minimum absolute atomic E-state index is 0.0153. The first kappa shape index (κ1) is 38.1. The molecule has 4 saturated heterocycles. The van der Waals surface area contributed by atoms with Crippen molar-refractivity contribution in [1.29, 1.82) is 0 Å². The lowest BCUT2D eigenvalue weighted by Crippen LogP contribution is -2.80. The van der Waals surface area contributed by atoms with Crippen molar-refractivity contribution in [1.82, 2.24) is 24.9 Å². The molecule has 290 valence electrons. The van der Waals surface area contributed by atoms with Gasteiger partial charge in [0.15, 0.2) is 5.54 Å². The molecule has 4 fully saturated rings. The molecular formula is C42H46F3N5O5. The molecule has 1 N–H and O–H groups in total. The topological polar surface area (TPSA) is 103 Å². The number of rotatable bonds is 10. The number of benzene rings is 3. The molecule has 4 aliphatic heterocycles. The number of β-lactam (4-membered cyclic amide) rings is 1. The number of cyclic esters (lactones) is 1. The summed E-state index contributed by atoms with van der Waals surface area (Å²) in [6.07, 6.45) is 3.12. The van der Waals surface area contributed by atoms with Crippen LogP contribution in [0.2, 0.25) is 0 Å². The summed E-state index contributed by atoms with van der Waals surface area (Å²) in [6.45, 7) is 3.88. The smallest absolute Gasteiger partial charge is 0.416 e. The molecule has 4 amide bonds. The van der Waals surface area contributed by atoms with Crippen LogP contribution < -0.4 is 5.32 Å². The number of likely N-dealkylation sites (tertiary alicyclic amines) is 3. The Balaban J connectivity index is 1.23. The van der Waals surface area contributed by atoms with Crippen molar-refractivity contribution in [3.63, 3.8) is 0 Å². The molecule has 0 bridgehead atoms. The zero-order valence-electron chi connectivity index (χ0n) is 30.8. The number of nitrogens with zero attached hydrogens (tertiary/aromatic N) is 4. The molecule has 3 aromatic carbocycles. The first-order valence-electron chi connectivity index (χ1n) is 19.0. The van der Waals surface area contributed by atoms with Crippen molar-refractivity contribution in [2.75, 3.05) is 32.8 Å². The van der Waals surface area contributed by atoms with E-state index in [0.29, 0.717) is 32.0 Å². The average molecular weight is 758 g/mol. The highest BCUT2D eigenvalue weighted by Gasteiger charge is 2.64. The van der Waals surface area contributed by atoms with Gasteiger partial charge >= 0.3 is 12.3 Å². The number of halogens is 3. The molecule has 4 aliphatic rings. The van der Waals surface area contributed by atoms with E-state index in [4.69, 9.17) is 4.74 Å². The van der Waals surface area contributed by atoms with Crippen molar-refractivity contribution in [3.8, 4) is 0 Å². The molecule has 10 nitrogen and oxygen atoms in total. The van der Waals surface area contributed by atoms with Gasteiger partial charge in [0.05, 0.1) is 17.6 Å². The molecule has 0 saturated carbocycles. The number of carbonyl (C=O) groups excluding carboxylic acids is 4. The molecule has 4 atom stereocenters. The highest BCUT2D eigenvalue weighted by Crippen LogP contribution is 2.42. The second kappa shape index (κ2) is 15.9. The predicted octanol–water partition coefficient (Wildman–Crippen LogP) is 6.04. The van der Waals surface area contributed by atoms with Crippen molar-refractivity contribution < 1.29 is 37.1 Å². The fraction of sp³-hybridized carbons (Fsp3) is 0.429. The Morgan fingerprint density at radius 2 is 1.55 bits per heavy atom. The van der Waals surface area contributed by atoms with Gasteiger partial charge in [-0.1, -0.05) is 91.4 Å². The van der Waals surface area contributed by atoms with Gasteiger partial charge in [0.1, 0.15) is 12.6 Å². The van der Waals surface area contributed by atoms with Crippen molar-refractivity contribution in [2.45, 2.75) is 81.5 Å². The minimum Gasteiger partial charge on any atom is -0.447 e. The summed E-state index contributed by atoms with van der Waals surface area (Å²) >= 11 is 0. The highest BCUT2D eigenvalue weighted by atomic mass is 19.4. The molecule has 0 aliphatic carbocycles. The van der Waals surface area contributed by atoms with Gasteiger partial charge in [0.25, 0.3) is 11.8 Å². The molecule has 55 heavy (non-hydrogen) atoms. The zero-order chi connectivity index (χ0) is 38.7. The zero-order valence-corrected chi connectivity index (χ0v) is 30.8. The third-order valence-corrected chi connectivity index (χ3v) is 11.5. The molecule has 0 aromatic heterocycles. The van der Waals surface area contributed by atoms with Crippen LogP contribution in [0.25, 0.3) is 6.08 Å². The highest BCUT2D eigenvalue weighted by molar-refractivity contribution is 6.14. The quantitative estimate of drug-likeness (QED) is 0.200. The van der Waals surface area contributed by atoms with E-state index in [2.05, 4.69) is 10.2 Å². The van der Waals surface area contributed by atoms with Crippen molar-refractivity contribution in [2.24, 2.45) is 0 Å². The van der Waals surface area contributed by atoms with Crippen LogP contribution in [0, 0.1) is 0 Å². The molecule has 4 heterocycles. The van der Waals surface area contributed by atoms with E-state index in [-0.39, 0.29) is 18.7 Å². The number of alkyl halides is 3. The van der Waals surface area contributed by atoms with Gasteiger partial charge in [-0.25, -0.2) is 4.79 Å². The van der Waals surface area contributed by atoms with Crippen LogP contribution in [0.1, 0.15) is 67.3 Å². The van der Waals surface area contributed by atoms with E-state index in [0.717, 1.165) is 49.2 Å². The standard InChI is InChI=1S/C42H46F3N5O5/c1-41(38(52)46-27-30-14-11-17-32(26-30)42(43,44)45,39(53)48-24-20-33(21-25-48)47-22-9-4-10-23-47)50-34(19-18-29-12-5-2-6-13-29)36(37(50)51)49-35(28-55-40(49)54)31-15-7-3-8-16-31/h2-3,5-8,11-19,26,33-36H,4,9-10,20-25,27-28H2,1H3,(H,46,52)/b19-18+/t34-,35-,36?,41?/m1/s1. The molecular weight excluding hydrogens is 711 g/mol. The maximum atomic E-state index is 14.9. The first-order chi connectivity index (χ1) is 26.5. The van der Waals surface area contributed by atoms with Crippen LogP contribution in [0.3, 0.4) is 0 Å². The van der Waals surface area contributed by atoms with Gasteiger partial charge in [0, 0.05) is 25.7 Å². The maximum absolute atomic E-state index is 14.9. The van der Waals surface area contributed by atoms with E-state index in [1.807, 2.05) is 60.7 Å². The van der Waals surface area contributed by atoms with Crippen LogP contribution in [-0.2, 0) is 31.8 Å². The second-order valence-corrected chi connectivity index (χ2v) is 14.9. The Labute approximate surface area is 318 Å². The summed E-state index contributed by atoms with van der Waals surface area (Å²) in [5.74, 6) is -2.03. The lowest BCUT2D eigenvalue weighted by atomic mass is 9.81. The number of hydrogen-bond acceptors (Lipinski definition) is 6. The minimum atomic E-state index is -4.59. The molecule has 3 aromatic rings. The Morgan fingerprint density at radius 3 is 2.22 bits per heavy atom. The monoisotopic (exact) mass is 757 g/mol. The SMILES string of the molecule is CC(C(=O)NCc1cccc(C(F)(F)F)c1)(C(=O)N1CCC(N2CCCCC2)CC1)N1C(=O)C(N2C(=O)OC[C@@H]2c2ccccc2)[C@H]1/C=C/c1ccccc1. The number of hydrogen-bond donors (Lipinski definition) is 1. The molecule has 13 heteroatoms. The summed E-state index contributed by atoms with van der Waals surface area (Å²) in [7, 11) is 0. The van der Waals surface area contributed by atoms with E-state index in [1.54, 1.807) is 17.1 Å². The van der Waals surface area contributed by atoms with Gasteiger partial charge in [-0.3, -0.25) is 19.3 Å². The summed E-state index contributed by atoms with van der Waals surface area (Å²) < 4.78 is 46.2. The van der Waals surface area contributed by atoms with Crippen LogP contribution in [0.5, 0.6) is 0 Å². The van der Waals surface area contributed by atoms with Crippen LogP contribution in [0.4, 0.5) is 18.0 Å². The van der Waals surface area contributed by atoms with Crippen LogP contribution in [0.15, 0.2) is 91.0 Å². The summed E-state index contributed by atoms with van der Waals surface area (Å²) in [6, 6.07) is 20.8. The Kier molecular flexibility index (Phi) is 11.0. The summed E-state index contributed by atoms with van der Waals surface area (Å²) in [5, 5.41) is 2.71. The van der Waals surface area contributed by atoms with E-state index in [9.17, 15) is 32.3 Å². The van der Waals surface area contributed by atoms with Crippen molar-refractivity contribution in [3.05, 3.63) is 113 Å². The first-order valence-corrected chi connectivity index (χ1v) is 19.0. The average Bonchev–Trinajstić information content (AvgIpc) is 3.58. The maximum Gasteiger partial charge on any atom is 0.416 e. The Hall–Kier alpha value is -5.17. The molecule has 0 radical (unpaired) electrons. The van der Waals surface area contributed by atoms with Gasteiger partial charge in [-0.2, -0.15) is 13.2 Å². The van der Waals surface area contributed by atoms with E-state index >= 15 is 0 Å². The van der Waals surface area contributed by atoms with Gasteiger partial charge < -0.3 is 24.8 Å². The Bertz CT molecular complexity index is 1900. The molecule has 2 unspecified atom stereocenters. The van der Waals surface area contributed by atoms with Gasteiger partial charge in [-0.15, -0.1) is 0 Å². The van der Waals surface area contributed by atoms with E-state index in [1.165, 1.54) is 35.3 Å².